The SMILES string of the molecule is NNC(=O)N(N)c1cccc(C(F)(F)F)c1I. The van der Waals surface area contributed by atoms with Crippen LogP contribution in [0.25, 0.3) is 0 Å². The number of carbonyl (C=O) groups excluding carboxylic acids is 1. The van der Waals surface area contributed by atoms with Gasteiger partial charge in [-0.2, -0.15) is 13.2 Å². The topological polar surface area (TPSA) is 84.4 Å². The first kappa shape index (κ1) is 14.0. The number of carbonyl (C=O) groups is 1. The Kier molecular flexibility index (Phi) is 4.16. The number of nitrogens with zero attached hydrogens (tertiary/aromatic N) is 1. The smallest absolute Gasteiger partial charge is 0.274 e. The number of nitrogens with one attached hydrogen (secondary N) is 1. The molecule has 17 heavy (non-hydrogen) atoms. The molecule has 1 aromatic rings. The third-order valence-electron chi connectivity index (χ3n) is 1.89. The van der Waals surface area contributed by atoms with Crippen molar-refractivity contribution in [1.29, 1.82) is 0 Å². The molecule has 9 heteroatoms. The van der Waals surface area contributed by atoms with Crippen LogP contribution < -0.4 is 22.1 Å². The quantitative estimate of drug-likeness (QED) is 0.308. The number of anilines is 1. The second-order valence-electron chi connectivity index (χ2n) is 2.96. The lowest BCUT2D eigenvalue weighted by molar-refractivity contribution is -0.138. The van der Waals surface area contributed by atoms with E-state index >= 15 is 0 Å². The normalized spacial score (nSPS) is 11.2. The van der Waals surface area contributed by atoms with E-state index in [4.69, 9.17) is 11.7 Å². The summed E-state index contributed by atoms with van der Waals surface area (Å²) >= 11 is 1.47. The molecule has 0 aliphatic rings. The van der Waals surface area contributed by atoms with Gasteiger partial charge in [-0.15, -0.1) is 0 Å². The van der Waals surface area contributed by atoms with Crippen LogP contribution in [0.4, 0.5) is 23.7 Å². The molecule has 0 aliphatic heterocycles. The van der Waals surface area contributed by atoms with Gasteiger partial charge < -0.3 is 0 Å². The molecule has 0 saturated heterocycles. The molecule has 5 nitrogen and oxygen atoms in total. The maximum absolute atomic E-state index is 12.6. The zero-order chi connectivity index (χ0) is 13.2. The summed E-state index contributed by atoms with van der Waals surface area (Å²) in [7, 11) is 0. The number of hydrogen-bond donors (Lipinski definition) is 3. The van der Waals surface area contributed by atoms with Gasteiger partial charge in [0.1, 0.15) is 0 Å². The Morgan fingerprint density at radius 2 is 2.00 bits per heavy atom. The molecule has 0 unspecified atom stereocenters. The van der Waals surface area contributed by atoms with E-state index < -0.39 is 17.8 Å². The Hall–Kier alpha value is -1.07. The van der Waals surface area contributed by atoms with E-state index in [0.29, 0.717) is 5.01 Å². The van der Waals surface area contributed by atoms with Gasteiger partial charge in [0.05, 0.1) is 14.8 Å². The van der Waals surface area contributed by atoms with E-state index in [2.05, 4.69) is 0 Å². The second kappa shape index (κ2) is 5.06. The Balaban J connectivity index is 3.24. The van der Waals surface area contributed by atoms with Crippen molar-refractivity contribution in [1.82, 2.24) is 5.43 Å². The highest BCUT2D eigenvalue weighted by Gasteiger charge is 2.34. The summed E-state index contributed by atoms with van der Waals surface area (Å²) in [4.78, 5) is 11.1. The maximum Gasteiger partial charge on any atom is 0.417 e. The van der Waals surface area contributed by atoms with Crippen LogP contribution in [-0.2, 0) is 6.18 Å². The number of nitrogens with two attached hydrogens (primary N) is 2. The van der Waals surface area contributed by atoms with Crippen LogP contribution in [0, 0.1) is 3.57 Å². The Labute approximate surface area is 108 Å². The lowest BCUT2D eigenvalue weighted by Gasteiger charge is -2.19. The summed E-state index contributed by atoms with van der Waals surface area (Å²) in [5, 5.41) is 0.511. The third kappa shape index (κ3) is 2.98. The van der Waals surface area contributed by atoms with Gasteiger partial charge in [0.2, 0.25) is 0 Å². The summed E-state index contributed by atoms with van der Waals surface area (Å²) in [6, 6.07) is 2.43. The van der Waals surface area contributed by atoms with Gasteiger partial charge in [-0.1, -0.05) is 6.07 Å². The number of alkyl halides is 3. The van der Waals surface area contributed by atoms with Crippen molar-refractivity contribution in [3.8, 4) is 0 Å². The van der Waals surface area contributed by atoms with Crippen molar-refractivity contribution in [2.45, 2.75) is 6.18 Å². The molecular weight excluding hydrogens is 352 g/mol. The molecule has 0 heterocycles. The van der Waals surface area contributed by atoms with Gasteiger partial charge >= 0.3 is 12.2 Å². The largest absolute Gasteiger partial charge is 0.417 e. The summed E-state index contributed by atoms with van der Waals surface area (Å²) in [6.45, 7) is 0. The number of urea groups is 1. The molecule has 0 fully saturated rings. The fraction of sp³-hybridized carbons (Fsp3) is 0.125. The van der Waals surface area contributed by atoms with Crippen LogP contribution in [0.1, 0.15) is 5.56 Å². The van der Waals surface area contributed by atoms with Gasteiger partial charge in [-0.25, -0.2) is 21.5 Å². The highest BCUT2D eigenvalue weighted by atomic mass is 127. The van der Waals surface area contributed by atoms with Gasteiger partial charge in [0.25, 0.3) is 0 Å². The first-order chi connectivity index (χ1) is 7.79. The second-order valence-corrected chi connectivity index (χ2v) is 4.03. The fourth-order valence-corrected chi connectivity index (χ4v) is 2.03. The van der Waals surface area contributed by atoms with Gasteiger partial charge in [0.15, 0.2) is 0 Å². The van der Waals surface area contributed by atoms with E-state index in [0.717, 1.165) is 12.1 Å². The monoisotopic (exact) mass is 360 g/mol. The van der Waals surface area contributed by atoms with Crippen LogP contribution in [0.2, 0.25) is 0 Å². The van der Waals surface area contributed by atoms with Gasteiger partial charge in [-0.05, 0) is 34.7 Å². The Morgan fingerprint density at radius 1 is 1.41 bits per heavy atom. The first-order valence-electron chi connectivity index (χ1n) is 4.20. The summed E-state index contributed by atoms with van der Waals surface area (Å²) in [6.07, 6.45) is -4.51. The molecule has 0 aromatic heterocycles. The minimum atomic E-state index is -4.51. The van der Waals surface area contributed by atoms with E-state index in [1.54, 1.807) is 5.43 Å². The van der Waals surface area contributed by atoms with Crippen LogP contribution >= 0.6 is 22.6 Å². The van der Waals surface area contributed by atoms with Crippen molar-refractivity contribution in [3.63, 3.8) is 0 Å². The van der Waals surface area contributed by atoms with Crippen molar-refractivity contribution >= 4 is 34.3 Å². The van der Waals surface area contributed by atoms with E-state index in [-0.39, 0.29) is 9.26 Å². The van der Waals surface area contributed by atoms with Crippen molar-refractivity contribution < 1.29 is 18.0 Å². The number of hydrogen-bond acceptors (Lipinski definition) is 3. The molecule has 0 radical (unpaired) electrons. The van der Waals surface area contributed by atoms with Crippen LogP contribution in [0.15, 0.2) is 18.2 Å². The molecule has 1 aromatic carbocycles. The molecule has 0 aliphatic carbocycles. The number of rotatable bonds is 1. The molecular formula is C8H8F3IN4O. The van der Waals surface area contributed by atoms with Crippen LogP contribution in [0.3, 0.4) is 0 Å². The van der Waals surface area contributed by atoms with Gasteiger partial charge in [0, 0.05) is 0 Å². The first-order valence-corrected chi connectivity index (χ1v) is 5.28. The predicted molar refractivity (Wildman–Crippen MR) is 63.5 cm³/mol. The van der Waals surface area contributed by atoms with Crippen molar-refractivity contribution in [2.24, 2.45) is 11.7 Å². The fourth-order valence-electron chi connectivity index (χ4n) is 1.10. The molecule has 5 N–H and O–H groups in total. The molecule has 0 saturated carbocycles. The van der Waals surface area contributed by atoms with Crippen LogP contribution in [-0.4, -0.2) is 6.03 Å². The number of hydrazine groups is 2. The summed E-state index contributed by atoms with van der Waals surface area (Å²) < 4.78 is 37.6. The zero-order valence-corrected chi connectivity index (χ0v) is 10.4. The maximum atomic E-state index is 12.6. The Morgan fingerprint density at radius 3 is 2.47 bits per heavy atom. The summed E-state index contributed by atoms with van der Waals surface area (Å²) in [5.74, 6) is 10.2. The molecule has 1 rings (SSSR count). The zero-order valence-electron chi connectivity index (χ0n) is 8.25. The lowest BCUT2D eigenvalue weighted by atomic mass is 10.2. The number of amides is 2. The van der Waals surface area contributed by atoms with Crippen LogP contribution in [0.5, 0.6) is 0 Å². The average molecular weight is 360 g/mol. The Bertz CT molecular complexity index is 437. The molecule has 0 atom stereocenters. The highest BCUT2D eigenvalue weighted by molar-refractivity contribution is 14.1. The third-order valence-corrected chi connectivity index (χ3v) is 3.02. The average Bonchev–Trinajstić information content (AvgIpc) is 2.25. The van der Waals surface area contributed by atoms with Crippen molar-refractivity contribution in [3.05, 3.63) is 27.3 Å². The van der Waals surface area contributed by atoms with E-state index in [1.807, 2.05) is 0 Å². The van der Waals surface area contributed by atoms with E-state index in [1.165, 1.54) is 28.7 Å². The van der Waals surface area contributed by atoms with Gasteiger partial charge in [-0.3, -0.25) is 5.43 Å². The molecule has 0 spiro atoms. The molecule has 2 amide bonds. The number of benzene rings is 1. The van der Waals surface area contributed by atoms with Crippen molar-refractivity contribution in [2.75, 3.05) is 5.01 Å². The predicted octanol–water partition coefficient (Wildman–Crippen LogP) is 1.57. The highest BCUT2D eigenvalue weighted by Crippen LogP contribution is 2.36. The standard InChI is InChI=1S/C8H8F3IN4O/c9-8(10,11)4-2-1-3-5(6(4)12)16(14)7(17)15-13/h1-3H,13-14H2,(H,15,17). The minimum Gasteiger partial charge on any atom is -0.274 e. The molecule has 0 bridgehead atoms. The number of halogens is 4. The lowest BCUT2D eigenvalue weighted by Crippen LogP contribution is -2.48. The molecule has 94 valence electrons. The minimum absolute atomic E-state index is 0.0802. The summed E-state index contributed by atoms with van der Waals surface area (Å²) in [5.41, 5.74) is 0.781. The van der Waals surface area contributed by atoms with E-state index in [9.17, 15) is 18.0 Å².